The summed E-state index contributed by atoms with van der Waals surface area (Å²) in [5.74, 6) is 0.714. The first-order chi connectivity index (χ1) is 30.5. The average molecular weight is 792 g/mol. The first kappa shape index (κ1) is 36.0. The molecule has 0 aliphatic heterocycles. The highest BCUT2D eigenvalue weighted by atomic mass is 15.0. The molecule has 0 unspecified atom stereocenters. The van der Waals surface area contributed by atoms with Crippen molar-refractivity contribution in [3.63, 3.8) is 0 Å². The molecule has 1 aliphatic carbocycles. The van der Waals surface area contributed by atoms with Crippen LogP contribution in [0.25, 0.3) is 106 Å². The van der Waals surface area contributed by atoms with Crippen molar-refractivity contribution in [2.24, 2.45) is 0 Å². The van der Waals surface area contributed by atoms with Crippen LogP contribution in [0, 0.1) is 0 Å². The van der Waals surface area contributed by atoms with Gasteiger partial charge in [0.1, 0.15) is 0 Å². The van der Waals surface area contributed by atoms with Gasteiger partial charge in [-0.15, -0.1) is 0 Å². The zero-order valence-electron chi connectivity index (χ0n) is 34.5. The molecule has 0 radical (unpaired) electrons. The second-order valence-electron chi connectivity index (χ2n) is 17.0. The van der Waals surface area contributed by atoms with E-state index in [-0.39, 0.29) is 5.41 Å². The summed E-state index contributed by atoms with van der Waals surface area (Å²) in [6.45, 7) is 4.65. The van der Waals surface area contributed by atoms with Crippen LogP contribution in [0.15, 0.2) is 212 Å². The largest absolute Gasteiger partial charge is 0.309 e. The molecule has 3 nitrogen and oxygen atoms in total. The van der Waals surface area contributed by atoms with Crippen LogP contribution < -0.4 is 0 Å². The highest BCUT2D eigenvalue weighted by Crippen LogP contribution is 2.49. The molecule has 3 heteroatoms. The van der Waals surface area contributed by atoms with E-state index in [1.165, 1.54) is 77.4 Å². The molecule has 0 atom stereocenters. The van der Waals surface area contributed by atoms with Gasteiger partial charge in [-0.3, -0.25) is 0 Å². The molecule has 0 saturated heterocycles. The van der Waals surface area contributed by atoms with E-state index >= 15 is 0 Å². The summed E-state index contributed by atoms with van der Waals surface area (Å²) in [5, 5.41) is 4.85. The summed E-state index contributed by atoms with van der Waals surface area (Å²) in [7, 11) is 0. The minimum atomic E-state index is -0.0583. The quantitative estimate of drug-likeness (QED) is 0.168. The van der Waals surface area contributed by atoms with Crippen LogP contribution in [0.5, 0.6) is 0 Å². The summed E-state index contributed by atoms with van der Waals surface area (Å²) in [5.41, 5.74) is 18.5. The smallest absolute Gasteiger partial charge is 0.160 e. The van der Waals surface area contributed by atoms with E-state index in [9.17, 15) is 0 Å². The van der Waals surface area contributed by atoms with Crippen molar-refractivity contribution in [2.75, 3.05) is 0 Å². The van der Waals surface area contributed by atoms with Gasteiger partial charge in [0.25, 0.3) is 0 Å². The Morgan fingerprint density at radius 1 is 0.339 bits per heavy atom. The van der Waals surface area contributed by atoms with Crippen LogP contribution in [0.3, 0.4) is 0 Å². The van der Waals surface area contributed by atoms with Crippen molar-refractivity contribution in [1.82, 2.24) is 14.5 Å². The van der Waals surface area contributed by atoms with E-state index in [0.717, 1.165) is 33.5 Å². The van der Waals surface area contributed by atoms with Gasteiger partial charge in [-0.05, 0) is 97.7 Å². The Balaban J connectivity index is 0.940. The lowest BCUT2D eigenvalue weighted by Crippen LogP contribution is -2.14. The molecule has 0 N–H and O–H groups in total. The second kappa shape index (κ2) is 14.1. The Labute approximate surface area is 361 Å². The number of rotatable bonds is 6. The molecule has 292 valence electrons. The van der Waals surface area contributed by atoms with E-state index in [1.807, 2.05) is 6.07 Å². The number of nitrogens with zero attached hydrogens (tertiary/aromatic N) is 3. The highest BCUT2D eigenvalue weighted by molar-refractivity contribution is 6.10. The van der Waals surface area contributed by atoms with Gasteiger partial charge in [-0.2, -0.15) is 0 Å². The van der Waals surface area contributed by atoms with Gasteiger partial charge in [0.2, 0.25) is 0 Å². The lowest BCUT2D eigenvalue weighted by atomic mass is 9.82. The third-order valence-electron chi connectivity index (χ3n) is 13.1. The Bertz CT molecular complexity index is 3520. The number of benzene rings is 9. The van der Waals surface area contributed by atoms with Crippen LogP contribution in [-0.4, -0.2) is 14.5 Å². The van der Waals surface area contributed by atoms with Crippen LogP contribution in [0.4, 0.5) is 0 Å². The number of aromatic nitrogens is 3. The van der Waals surface area contributed by atoms with E-state index < -0.39 is 0 Å². The summed E-state index contributed by atoms with van der Waals surface area (Å²) in [4.78, 5) is 10.5. The fourth-order valence-corrected chi connectivity index (χ4v) is 9.95. The third kappa shape index (κ3) is 5.73. The molecule has 0 bridgehead atoms. The van der Waals surface area contributed by atoms with Gasteiger partial charge in [0, 0.05) is 38.6 Å². The Hall–Kier alpha value is -7.88. The standard InChI is InChI=1S/C59H41N3/c1-59(2)52-23-13-11-21-47(52)50-36-42(29-33-53(50)59)54-37-55(61-58(60-54)40-15-5-3-6-16-40)48-32-31-44(45-19-9-10-20-46(45)48)39-27-25-38(26-28-39)41-30-34-57-51(35-41)49-22-12-14-24-56(49)62(57)43-17-7-4-8-18-43/h3-37H,1-2H3. The molecule has 62 heavy (non-hydrogen) atoms. The number of fused-ring (bicyclic) bond motifs is 7. The fraction of sp³-hybridized carbons (Fsp3) is 0.0508. The van der Waals surface area contributed by atoms with Gasteiger partial charge in [-0.1, -0.05) is 184 Å². The van der Waals surface area contributed by atoms with Gasteiger partial charge < -0.3 is 4.57 Å². The lowest BCUT2D eigenvalue weighted by Gasteiger charge is -2.21. The van der Waals surface area contributed by atoms with Gasteiger partial charge in [0.05, 0.1) is 22.4 Å². The first-order valence-corrected chi connectivity index (χ1v) is 21.4. The lowest BCUT2D eigenvalue weighted by molar-refractivity contribution is 0.660. The molecular formula is C59H41N3. The monoisotopic (exact) mass is 791 g/mol. The zero-order valence-corrected chi connectivity index (χ0v) is 34.5. The molecule has 0 spiro atoms. The zero-order chi connectivity index (χ0) is 41.4. The minimum absolute atomic E-state index is 0.0583. The molecule has 0 amide bonds. The van der Waals surface area contributed by atoms with E-state index in [0.29, 0.717) is 5.82 Å². The Morgan fingerprint density at radius 3 is 1.73 bits per heavy atom. The molecule has 0 fully saturated rings. The predicted molar refractivity (Wildman–Crippen MR) is 259 cm³/mol. The van der Waals surface area contributed by atoms with E-state index in [2.05, 4.69) is 225 Å². The van der Waals surface area contributed by atoms with E-state index in [4.69, 9.17) is 9.97 Å². The normalized spacial score (nSPS) is 12.8. The predicted octanol–water partition coefficient (Wildman–Crippen LogP) is 15.4. The summed E-state index contributed by atoms with van der Waals surface area (Å²) in [6.07, 6.45) is 0. The SMILES string of the molecule is CC1(C)c2ccccc2-c2cc(-c3cc(-c4ccc(-c5ccc(-c6ccc7c(c6)c6ccccc6n7-c6ccccc6)cc5)c5ccccc45)nc(-c4ccccc4)n3)ccc21. The number of para-hydroxylation sites is 2. The summed E-state index contributed by atoms with van der Waals surface area (Å²) >= 11 is 0. The molecule has 2 heterocycles. The van der Waals surface area contributed by atoms with Gasteiger partial charge >= 0.3 is 0 Å². The van der Waals surface area contributed by atoms with Crippen LogP contribution >= 0.6 is 0 Å². The van der Waals surface area contributed by atoms with Gasteiger partial charge in [0.15, 0.2) is 5.82 Å². The maximum absolute atomic E-state index is 5.28. The molecule has 1 aliphatic rings. The van der Waals surface area contributed by atoms with E-state index in [1.54, 1.807) is 0 Å². The van der Waals surface area contributed by atoms with Gasteiger partial charge in [-0.25, -0.2) is 9.97 Å². The molecule has 2 aromatic heterocycles. The van der Waals surface area contributed by atoms with Crippen LogP contribution in [-0.2, 0) is 5.41 Å². The molecule has 11 aromatic rings. The van der Waals surface area contributed by atoms with Crippen LogP contribution in [0.1, 0.15) is 25.0 Å². The molecule has 0 saturated carbocycles. The maximum Gasteiger partial charge on any atom is 0.160 e. The van der Waals surface area contributed by atoms with Crippen LogP contribution in [0.2, 0.25) is 0 Å². The summed E-state index contributed by atoms with van der Waals surface area (Å²) < 4.78 is 2.36. The number of hydrogen-bond donors (Lipinski definition) is 0. The number of hydrogen-bond acceptors (Lipinski definition) is 2. The van der Waals surface area contributed by atoms with Crippen molar-refractivity contribution in [3.8, 4) is 73.0 Å². The average Bonchev–Trinajstić information content (AvgIpc) is 3.79. The highest BCUT2D eigenvalue weighted by Gasteiger charge is 2.35. The first-order valence-electron chi connectivity index (χ1n) is 21.4. The Kier molecular flexibility index (Phi) is 8.20. The maximum atomic E-state index is 5.28. The van der Waals surface area contributed by atoms with Crippen molar-refractivity contribution in [2.45, 2.75) is 19.3 Å². The third-order valence-corrected chi connectivity index (χ3v) is 13.1. The van der Waals surface area contributed by atoms with Crippen molar-refractivity contribution < 1.29 is 0 Å². The summed E-state index contributed by atoms with van der Waals surface area (Å²) in [6, 6.07) is 76.6. The Morgan fingerprint density at radius 2 is 0.919 bits per heavy atom. The second-order valence-corrected chi connectivity index (χ2v) is 17.0. The van der Waals surface area contributed by atoms with Crippen molar-refractivity contribution in [1.29, 1.82) is 0 Å². The molecule has 9 aromatic carbocycles. The molecular weight excluding hydrogens is 751 g/mol. The fourth-order valence-electron chi connectivity index (χ4n) is 9.95. The topological polar surface area (TPSA) is 30.7 Å². The minimum Gasteiger partial charge on any atom is -0.309 e. The molecule has 12 rings (SSSR count). The van der Waals surface area contributed by atoms with Crippen molar-refractivity contribution in [3.05, 3.63) is 223 Å². The van der Waals surface area contributed by atoms with Crippen molar-refractivity contribution >= 4 is 32.6 Å².